The summed E-state index contributed by atoms with van der Waals surface area (Å²) in [6.45, 7) is 6.48. The Morgan fingerprint density at radius 3 is 2.04 bits per heavy atom. The van der Waals surface area contributed by atoms with E-state index in [1.54, 1.807) is 30.3 Å². The van der Waals surface area contributed by atoms with E-state index in [9.17, 15) is 9.59 Å². The molecule has 3 N–H and O–H groups in total. The summed E-state index contributed by atoms with van der Waals surface area (Å²) in [6, 6.07) is 14.6. The van der Waals surface area contributed by atoms with Crippen molar-refractivity contribution in [2.24, 2.45) is 5.73 Å². The van der Waals surface area contributed by atoms with E-state index in [1.165, 1.54) is 11.6 Å². The number of amides is 2. The molecule has 0 saturated heterocycles. The normalized spacial score (nSPS) is 11.5. The molecule has 4 nitrogen and oxygen atoms in total. The standard InChI is InChI=1S/C20H22N2O2/c1-20(2,3)16-9-4-14(5-10-16)6-13-18(23)22-17-11-7-15(8-12-17)19(21)24/h4-13H,1-3H3,(H2,21,24)(H,22,23). The van der Waals surface area contributed by atoms with E-state index >= 15 is 0 Å². The van der Waals surface area contributed by atoms with Crippen LogP contribution in [-0.2, 0) is 10.2 Å². The van der Waals surface area contributed by atoms with Crippen molar-refractivity contribution < 1.29 is 9.59 Å². The minimum atomic E-state index is -0.494. The minimum absolute atomic E-state index is 0.108. The van der Waals surface area contributed by atoms with Crippen LogP contribution in [0.25, 0.3) is 6.08 Å². The van der Waals surface area contributed by atoms with Crippen LogP contribution < -0.4 is 11.1 Å². The zero-order valence-electron chi connectivity index (χ0n) is 14.2. The molecule has 0 aliphatic carbocycles. The van der Waals surface area contributed by atoms with Gasteiger partial charge in [-0.15, -0.1) is 0 Å². The van der Waals surface area contributed by atoms with Crippen LogP contribution in [0.1, 0.15) is 42.3 Å². The summed E-state index contributed by atoms with van der Waals surface area (Å²) in [5.74, 6) is -0.729. The number of anilines is 1. The maximum Gasteiger partial charge on any atom is 0.248 e. The van der Waals surface area contributed by atoms with Gasteiger partial charge < -0.3 is 11.1 Å². The molecule has 0 aliphatic rings. The van der Waals surface area contributed by atoms with Crippen LogP contribution in [0.4, 0.5) is 5.69 Å². The summed E-state index contributed by atoms with van der Waals surface area (Å²) in [5, 5.41) is 2.74. The molecule has 0 bridgehead atoms. The number of hydrogen-bond acceptors (Lipinski definition) is 2. The highest BCUT2D eigenvalue weighted by molar-refractivity contribution is 6.02. The quantitative estimate of drug-likeness (QED) is 0.842. The Morgan fingerprint density at radius 2 is 1.54 bits per heavy atom. The summed E-state index contributed by atoms with van der Waals surface area (Å²) in [6.07, 6.45) is 3.24. The van der Waals surface area contributed by atoms with Gasteiger partial charge in [-0.3, -0.25) is 9.59 Å². The Labute approximate surface area is 142 Å². The van der Waals surface area contributed by atoms with Gasteiger partial charge in [-0.05, 0) is 46.9 Å². The number of hydrogen-bond donors (Lipinski definition) is 2. The number of carbonyl (C=O) groups excluding carboxylic acids is 2. The van der Waals surface area contributed by atoms with Gasteiger partial charge in [0.15, 0.2) is 0 Å². The van der Waals surface area contributed by atoms with Crippen LogP contribution in [0.15, 0.2) is 54.6 Å². The van der Waals surface area contributed by atoms with E-state index in [0.29, 0.717) is 11.3 Å². The van der Waals surface area contributed by atoms with Gasteiger partial charge in [0.25, 0.3) is 0 Å². The molecule has 2 aromatic rings. The number of carbonyl (C=O) groups is 2. The Kier molecular flexibility index (Phi) is 5.19. The Bertz CT molecular complexity index is 752. The van der Waals surface area contributed by atoms with Gasteiger partial charge >= 0.3 is 0 Å². The molecule has 0 spiro atoms. The van der Waals surface area contributed by atoms with E-state index in [2.05, 4.69) is 38.2 Å². The molecule has 0 heterocycles. The molecule has 124 valence electrons. The van der Waals surface area contributed by atoms with Crippen molar-refractivity contribution in [3.05, 3.63) is 71.3 Å². The molecule has 0 aliphatic heterocycles. The van der Waals surface area contributed by atoms with Gasteiger partial charge in [-0.2, -0.15) is 0 Å². The van der Waals surface area contributed by atoms with Crippen LogP contribution in [0, 0.1) is 0 Å². The molecule has 0 saturated carbocycles. The first-order valence-electron chi connectivity index (χ1n) is 7.75. The fraction of sp³-hybridized carbons (Fsp3) is 0.200. The number of rotatable bonds is 4. The van der Waals surface area contributed by atoms with Crippen LogP contribution in [-0.4, -0.2) is 11.8 Å². The second kappa shape index (κ2) is 7.13. The van der Waals surface area contributed by atoms with Crippen LogP contribution in [0.2, 0.25) is 0 Å². The molecule has 4 heteroatoms. The SMILES string of the molecule is CC(C)(C)c1ccc(C=CC(=O)Nc2ccc(C(N)=O)cc2)cc1. The van der Waals surface area contributed by atoms with E-state index in [4.69, 9.17) is 5.73 Å². The first-order valence-corrected chi connectivity index (χ1v) is 7.75. The maximum absolute atomic E-state index is 11.9. The van der Waals surface area contributed by atoms with Crippen molar-refractivity contribution >= 4 is 23.6 Å². The predicted octanol–water partition coefficient (Wildman–Crippen LogP) is 3.73. The highest BCUT2D eigenvalue weighted by Gasteiger charge is 2.12. The highest BCUT2D eigenvalue weighted by Crippen LogP contribution is 2.22. The van der Waals surface area contributed by atoms with Crippen molar-refractivity contribution in [2.45, 2.75) is 26.2 Å². The van der Waals surface area contributed by atoms with Crippen LogP contribution in [0.5, 0.6) is 0 Å². The number of nitrogens with one attached hydrogen (secondary N) is 1. The molecular formula is C20H22N2O2. The van der Waals surface area contributed by atoms with E-state index in [-0.39, 0.29) is 11.3 Å². The van der Waals surface area contributed by atoms with E-state index in [1.807, 2.05) is 12.1 Å². The van der Waals surface area contributed by atoms with Gasteiger partial charge in [0.2, 0.25) is 11.8 Å². The summed E-state index contributed by atoms with van der Waals surface area (Å²) in [5.41, 5.74) is 8.51. The lowest BCUT2D eigenvalue weighted by Gasteiger charge is -2.18. The van der Waals surface area contributed by atoms with Gasteiger partial charge in [-0.1, -0.05) is 45.0 Å². The maximum atomic E-state index is 11.9. The lowest BCUT2D eigenvalue weighted by atomic mass is 9.87. The van der Waals surface area contributed by atoms with E-state index < -0.39 is 5.91 Å². The van der Waals surface area contributed by atoms with Gasteiger partial charge in [0, 0.05) is 17.3 Å². The van der Waals surface area contributed by atoms with Crippen molar-refractivity contribution in [3.8, 4) is 0 Å². The monoisotopic (exact) mass is 322 g/mol. The predicted molar refractivity (Wildman–Crippen MR) is 97.8 cm³/mol. The largest absolute Gasteiger partial charge is 0.366 e. The lowest BCUT2D eigenvalue weighted by molar-refractivity contribution is -0.111. The third kappa shape index (κ3) is 4.81. The second-order valence-electron chi connectivity index (χ2n) is 6.64. The van der Waals surface area contributed by atoms with Gasteiger partial charge in [0.05, 0.1) is 0 Å². The highest BCUT2D eigenvalue weighted by atomic mass is 16.1. The molecular weight excluding hydrogens is 300 g/mol. The summed E-state index contributed by atoms with van der Waals surface area (Å²) >= 11 is 0. The second-order valence-corrected chi connectivity index (χ2v) is 6.64. The molecule has 2 amide bonds. The summed E-state index contributed by atoms with van der Waals surface area (Å²) < 4.78 is 0. The van der Waals surface area contributed by atoms with Crippen molar-refractivity contribution in [1.29, 1.82) is 0 Å². The van der Waals surface area contributed by atoms with Crippen molar-refractivity contribution in [3.63, 3.8) is 0 Å². The van der Waals surface area contributed by atoms with Gasteiger partial charge in [0.1, 0.15) is 0 Å². The van der Waals surface area contributed by atoms with Crippen molar-refractivity contribution in [1.82, 2.24) is 0 Å². The van der Waals surface area contributed by atoms with Crippen LogP contribution >= 0.6 is 0 Å². The van der Waals surface area contributed by atoms with E-state index in [0.717, 1.165) is 5.56 Å². The molecule has 0 fully saturated rings. The third-order valence-corrected chi connectivity index (χ3v) is 3.64. The zero-order chi connectivity index (χ0) is 17.7. The first-order chi connectivity index (χ1) is 11.3. The molecule has 24 heavy (non-hydrogen) atoms. The number of primary amides is 1. The molecule has 0 aromatic heterocycles. The summed E-state index contributed by atoms with van der Waals surface area (Å²) in [4.78, 5) is 22.9. The Balaban J connectivity index is 1.98. The molecule has 0 atom stereocenters. The molecule has 0 radical (unpaired) electrons. The Morgan fingerprint density at radius 1 is 0.958 bits per heavy atom. The first kappa shape index (κ1) is 17.5. The fourth-order valence-corrected chi connectivity index (χ4v) is 2.17. The topological polar surface area (TPSA) is 72.2 Å². The zero-order valence-corrected chi connectivity index (χ0v) is 14.2. The minimum Gasteiger partial charge on any atom is -0.366 e. The lowest BCUT2D eigenvalue weighted by Crippen LogP contribution is -2.11. The molecule has 2 aromatic carbocycles. The number of nitrogens with two attached hydrogens (primary N) is 1. The van der Waals surface area contributed by atoms with Crippen LogP contribution in [0.3, 0.4) is 0 Å². The molecule has 2 rings (SSSR count). The third-order valence-electron chi connectivity index (χ3n) is 3.64. The number of benzene rings is 2. The molecule has 0 unspecified atom stereocenters. The Hall–Kier alpha value is -2.88. The fourth-order valence-electron chi connectivity index (χ4n) is 2.17. The summed E-state index contributed by atoms with van der Waals surface area (Å²) in [7, 11) is 0. The average Bonchev–Trinajstić information content (AvgIpc) is 2.53. The van der Waals surface area contributed by atoms with Crippen molar-refractivity contribution in [2.75, 3.05) is 5.32 Å². The smallest absolute Gasteiger partial charge is 0.248 e. The van der Waals surface area contributed by atoms with Gasteiger partial charge in [-0.25, -0.2) is 0 Å². The average molecular weight is 322 g/mol.